The summed E-state index contributed by atoms with van der Waals surface area (Å²) in [4.78, 5) is 11.0. The minimum atomic E-state index is 0.463. The topological polar surface area (TPSA) is 29.0 Å². The molecule has 0 radical (unpaired) electrons. The summed E-state index contributed by atoms with van der Waals surface area (Å²) in [6.07, 6.45) is 5.15. The van der Waals surface area contributed by atoms with Crippen LogP contribution in [0.15, 0.2) is 6.33 Å². The second-order valence-electron chi connectivity index (χ2n) is 4.09. The first-order valence-corrected chi connectivity index (χ1v) is 6.47. The monoisotopic (exact) mass is 269 g/mol. The Kier molecular flexibility index (Phi) is 3.24. The van der Waals surface area contributed by atoms with E-state index < -0.39 is 0 Å². The summed E-state index contributed by atoms with van der Waals surface area (Å²) >= 11 is 3.51. The van der Waals surface area contributed by atoms with Gasteiger partial charge in [-0.2, -0.15) is 0 Å². The van der Waals surface area contributed by atoms with Crippen molar-refractivity contribution in [1.82, 2.24) is 9.97 Å². The van der Waals surface area contributed by atoms with Gasteiger partial charge in [-0.25, -0.2) is 9.97 Å². The van der Waals surface area contributed by atoms with Crippen LogP contribution < -0.4 is 4.90 Å². The quantitative estimate of drug-likeness (QED) is 0.788. The zero-order valence-electron chi connectivity index (χ0n) is 9.20. The molecule has 0 aromatic carbocycles. The maximum Gasteiger partial charge on any atom is 0.135 e. The van der Waals surface area contributed by atoms with Crippen LogP contribution in [0.4, 0.5) is 5.82 Å². The molecule has 1 atom stereocenters. The smallest absolute Gasteiger partial charge is 0.135 e. The van der Waals surface area contributed by atoms with E-state index in [0.29, 0.717) is 6.04 Å². The maximum absolute atomic E-state index is 4.41. The van der Waals surface area contributed by atoms with Gasteiger partial charge in [0.25, 0.3) is 0 Å². The number of aromatic nitrogens is 2. The highest BCUT2D eigenvalue weighted by atomic mass is 79.9. The first-order valence-electron chi connectivity index (χ1n) is 5.35. The molecule has 1 aliphatic carbocycles. The molecule has 1 aromatic heterocycles. The lowest BCUT2D eigenvalue weighted by Gasteiger charge is -2.26. The molecule has 82 valence electrons. The van der Waals surface area contributed by atoms with Gasteiger partial charge < -0.3 is 4.90 Å². The number of hydrogen-bond donors (Lipinski definition) is 0. The summed E-state index contributed by atoms with van der Waals surface area (Å²) in [6, 6.07) is 0.463. The number of halogens is 1. The highest BCUT2D eigenvalue weighted by Gasteiger charge is 2.21. The number of fused-ring (bicyclic) bond motifs is 1. The Morgan fingerprint density at radius 3 is 3.00 bits per heavy atom. The first-order chi connectivity index (χ1) is 7.24. The second-order valence-corrected chi connectivity index (χ2v) is 4.74. The first kappa shape index (κ1) is 10.9. The molecule has 0 spiro atoms. The van der Waals surface area contributed by atoms with Gasteiger partial charge in [0.1, 0.15) is 12.1 Å². The van der Waals surface area contributed by atoms with Crippen LogP contribution in [0.2, 0.25) is 0 Å². The van der Waals surface area contributed by atoms with E-state index in [-0.39, 0.29) is 0 Å². The van der Waals surface area contributed by atoms with Crippen molar-refractivity contribution >= 4 is 21.7 Å². The molecule has 0 amide bonds. The van der Waals surface area contributed by atoms with Gasteiger partial charge in [-0.1, -0.05) is 15.9 Å². The van der Waals surface area contributed by atoms with Gasteiger partial charge in [0.05, 0.1) is 0 Å². The van der Waals surface area contributed by atoms with Gasteiger partial charge in [0.2, 0.25) is 0 Å². The fraction of sp³-hybridized carbons (Fsp3) is 0.636. The van der Waals surface area contributed by atoms with Crippen molar-refractivity contribution in [2.24, 2.45) is 0 Å². The number of hydrogen-bond acceptors (Lipinski definition) is 3. The van der Waals surface area contributed by atoms with Crippen LogP contribution in [0.3, 0.4) is 0 Å². The zero-order chi connectivity index (χ0) is 10.8. The fourth-order valence-corrected chi connectivity index (χ4v) is 2.39. The van der Waals surface area contributed by atoms with Crippen LogP contribution in [0.5, 0.6) is 0 Å². The van der Waals surface area contributed by atoms with E-state index in [9.17, 15) is 0 Å². The van der Waals surface area contributed by atoms with Crippen molar-refractivity contribution < 1.29 is 0 Å². The Balaban J connectivity index is 2.32. The van der Waals surface area contributed by atoms with E-state index in [2.05, 4.69) is 44.8 Å². The predicted octanol–water partition coefficient (Wildman–Crippen LogP) is 2.18. The summed E-state index contributed by atoms with van der Waals surface area (Å²) < 4.78 is 0. The molecule has 0 aliphatic heterocycles. The summed E-state index contributed by atoms with van der Waals surface area (Å²) in [7, 11) is 2.10. The molecular weight excluding hydrogens is 254 g/mol. The molecule has 0 bridgehead atoms. The number of anilines is 1. The zero-order valence-corrected chi connectivity index (χ0v) is 10.8. The lowest BCUT2D eigenvalue weighted by Crippen LogP contribution is -2.31. The highest BCUT2D eigenvalue weighted by Crippen LogP contribution is 2.28. The molecule has 2 rings (SSSR count). The van der Waals surface area contributed by atoms with Crippen molar-refractivity contribution in [1.29, 1.82) is 0 Å². The van der Waals surface area contributed by atoms with Crippen molar-refractivity contribution in [3.8, 4) is 0 Å². The molecule has 1 aromatic rings. The number of alkyl halides is 1. The molecule has 0 saturated heterocycles. The minimum Gasteiger partial charge on any atom is -0.356 e. The maximum atomic E-state index is 4.41. The third kappa shape index (κ3) is 2.00. The van der Waals surface area contributed by atoms with E-state index in [1.165, 1.54) is 17.7 Å². The molecule has 0 fully saturated rings. The van der Waals surface area contributed by atoms with Crippen molar-refractivity contribution in [2.45, 2.75) is 32.2 Å². The van der Waals surface area contributed by atoms with E-state index in [0.717, 1.165) is 24.0 Å². The summed E-state index contributed by atoms with van der Waals surface area (Å²) in [5.74, 6) is 1.12. The van der Waals surface area contributed by atoms with Gasteiger partial charge in [-0.15, -0.1) is 0 Å². The molecular formula is C11H16BrN3. The average Bonchev–Trinajstić information content (AvgIpc) is 2.74. The number of nitrogens with zero attached hydrogens (tertiary/aromatic N) is 3. The SMILES string of the molecule is CC(CBr)N(C)c1ncnc2c1CCC2. The van der Waals surface area contributed by atoms with Gasteiger partial charge in [-0.05, 0) is 26.2 Å². The van der Waals surface area contributed by atoms with Crippen molar-refractivity contribution in [3.63, 3.8) is 0 Å². The van der Waals surface area contributed by atoms with Gasteiger partial charge in [0.15, 0.2) is 0 Å². The molecule has 1 unspecified atom stereocenters. The molecule has 15 heavy (non-hydrogen) atoms. The second kappa shape index (κ2) is 4.47. The number of aryl methyl sites for hydroxylation is 1. The lowest BCUT2D eigenvalue weighted by atomic mass is 10.2. The highest BCUT2D eigenvalue weighted by molar-refractivity contribution is 9.09. The third-order valence-corrected chi connectivity index (χ3v) is 4.01. The van der Waals surface area contributed by atoms with Crippen LogP contribution >= 0.6 is 15.9 Å². The van der Waals surface area contributed by atoms with Crippen molar-refractivity contribution in [3.05, 3.63) is 17.6 Å². The van der Waals surface area contributed by atoms with Gasteiger partial charge in [-0.3, -0.25) is 0 Å². The van der Waals surface area contributed by atoms with Crippen LogP contribution in [-0.4, -0.2) is 28.4 Å². The fourth-order valence-electron chi connectivity index (χ4n) is 1.96. The standard InChI is InChI=1S/C11H16BrN3/c1-8(6-12)15(2)11-9-4-3-5-10(9)13-7-14-11/h7-8H,3-6H2,1-2H3. The Hall–Kier alpha value is -0.640. The molecule has 0 N–H and O–H groups in total. The van der Waals surface area contributed by atoms with E-state index in [4.69, 9.17) is 0 Å². The Labute approximate surface area is 99.0 Å². The van der Waals surface area contributed by atoms with Crippen LogP contribution in [0, 0.1) is 0 Å². The Bertz CT molecular complexity index is 354. The molecule has 3 nitrogen and oxygen atoms in total. The Morgan fingerprint density at radius 2 is 2.27 bits per heavy atom. The molecule has 4 heteroatoms. The molecule has 1 heterocycles. The summed E-state index contributed by atoms with van der Waals surface area (Å²) in [5, 5.41) is 0.961. The average molecular weight is 270 g/mol. The molecule has 0 saturated carbocycles. The third-order valence-electron chi connectivity index (χ3n) is 3.07. The van der Waals surface area contributed by atoms with Crippen LogP contribution in [0.1, 0.15) is 24.6 Å². The van der Waals surface area contributed by atoms with Gasteiger partial charge in [0, 0.05) is 29.7 Å². The minimum absolute atomic E-state index is 0.463. The number of rotatable bonds is 3. The van der Waals surface area contributed by atoms with Crippen LogP contribution in [0.25, 0.3) is 0 Å². The van der Waals surface area contributed by atoms with Gasteiger partial charge >= 0.3 is 0 Å². The lowest BCUT2D eigenvalue weighted by molar-refractivity contribution is 0.748. The van der Waals surface area contributed by atoms with E-state index >= 15 is 0 Å². The normalized spacial score (nSPS) is 16.2. The van der Waals surface area contributed by atoms with Crippen LogP contribution in [-0.2, 0) is 12.8 Å². The summed E-state index contributed by atoms with van der Waals surface area (Å²) in [6.45, 7) is 2.19. The molecule has 1 aliphatic rings. The van der Waals surface area contributed by atoms with E-state index in [1.807, 2.05) is 0 Å². The predicted molar refractivity (Wildman–Crippen MR) is 65.7 cm³/mol. The summed E-state index contributed by atoms with van der Waals surface area (Å²) in [5.41, 5.74) is 2.60. The largest absolute Gasteiger partial charge is 0.356 e. The Morgan fingerprint density at radius 1 is 1.47 bits per heavy atom. The van der Waals surface area contributed by atoms with Crippen molar-refractivity contribution in [2.75, 3.05) is 17.3 Å². The van der Waals surface area contributed by atoms with E-state index in [1.54, 1.807) is 6.33 Å².